The maximum Gasteiger partial charge on any atom is 0.312 e. The van der Waals surface area contributed by atoms with Gasteiger partial charge in [0.15, 0.2) is 0 Å². The van der Waals surface area contributed by atoms with Crippen molar-refractivity contribution in [3.05, 3.63) is 12.2 Å². The Morgan fingerprint density at radius 2 is 0.660 bits per heavy atom. The molecule has 0 amide bonds. The fourth-order valence-electron chi connectivity index (χ4n) is 7.44. The fourth-order valence-corrected chi connectivity index (χ4v) is 7.44. The van der Waals surface area contributed by atoms with Crippen LogP contribution < -0.4 is 0 Å². The molecule has 0 aliphatic rings. The number of rotatable bonds is 43. The molecule has 0 rings (SSSR count). The Bertz CT molecular complexity index is 655. The van der Waals surface area contributed by atoms with Crippen LogP contribution in [-0.2, 0) is 9.53 Å². The lowest BCUT2D eigenvalue weighted by Gasteiger charge is -2.13. The van der Waals surface area contributed by atoms with Crippen molar-refractivity contribution in [2.24, 2.45) is 5.92 Å². The Balaban J connectivity index is 4.08. The minimum atomic E-state index is -0.0395. The predicted octanol–water partition coefficient (Wildman–Crippen LogP) is 17.4. The number of hydrogen-bond donors (Lipinski definition) is 0. The van der Waals surface area contributed by atoms with E-state index in [1.807, 2.05) is 0 Å². The number of hydrogen-bond acceptors (Lipinski definition) is 2. The Kier molecular flexibility index (Phi) is 43.7. The third kappa shape index (κ3) is 40.0. The van der Waals surface area contributed by atoms with E-state index in [0.29, 0.717) is 6.61 Å². The Labute approximate surface area is 316 Å². The third-order valence-corrected chi connectivity index (χ3v) is 11.0. The number of esters is 1. The van der Waals surface area contributed by atoms with Crippen LogP contribution in [-0.4, -0.2) is 12.6 Å². The summed E-state index contributed by atoms with van der Waals surface area (Å²) in [6, 6.07) is 0. The monoisotopic (exact) mass is 703 g/mol. The highest BCUT2D eigenvalue weighted by atomic mass is 16.5. The van der Waals surface area contributed by atoms with Crippen LogP contribution in [0.3, 0.4) is 0 Å². The van der Waals surface area contributed by atoms with Crippen LogP contribution in [0.5, 0.6) is 0 Å². The van der Waals surface area contributed by atoms with E-state index >= 15 is 0 Å². The van der Waals surface area contributed by atoms with Gasteiger partial charge in [-0.15, -0.1) is 0 Å². The van der Waals surface area contributed by atoms with Crippen LogP contribution in [0.4, 0.5) is 0 Å². The van der Waals surface area contributed by atoms with E-state index in [9.17, 15) is 4.79 Å². The van der Waals surface area contributed by atoms with Crippen molar-refractivity contribution in [2.45, 2.75) is 278 Å². The van der Waals surface area contributed by atoms with Crippen LogP contribution in [0.25, 0.3) is 0 Å². The van der Waals surface area contributed by atoms with E-state index in [1.54, 1.807) is 0 Å². The molecule has 298 valence electrons. The summed E-state index contributed by atoms with van der Waals surface area (Å²) in [7, 11) is 0. The summed E-state index contributed by atoms with van der Waals surface area (Å²) in [5.74, 6) is -0.00507. The lowest BCUT2D eigenvalue weighted by Crippen LogP contribution is -2.16. The number of carbonyl (C=O) groups is 1. The molecule has 0 radical (unpaired) electrons. The number of carbonyl (C=O) groups excluding carboxylic acids is 1. The average molecular weight is 703 g/mol. The van der Waals surface area contributed by atoms with E-state index < -0.39 is 0 Å². The molecule has 2 nitrogen and oxygen atoms in total. The topological polar surface area (TPSA) is 26.3 Å². The summed E-state index contributed by atoms with van der Waals surface area (Å²) in [5, 5.41) is 0. The van der Waals surface area contributed by atoms with Gasteiger partial charge < -0.3 is 4.74 Å². The molecule has 0 aromatic rings. The zero-order valence-corrected chi connectivity index (χ0v) is 35.0. The molecule has 2 heteroatoms. The van der Waals surface area contributed by atoms with E-state index in [-0.39, 0.29) is 11.9 Å². The van der Waals surface area contributed by atoms with Gasteiger partial charge in [0.05, 0.1) is 12.5 Å². The summed E-state index contributed by atoms with van der Waals surface area (Å²) in [4.78, 5) is 13.1. The number of allylic oxidation sites excluding steroid dienone is 1. The van der Waals surface area contributed by atoms with Gasteiger partial charge in [-0.25, -0.2) is 0 Å². The highest BCUT2D eigenvalue weighted by Crippen LogP contribution is 2.19. The fraction of sp³-hybridized carbons (Fsp3) is 0.938. The number of unbranched alkanes of at least 4 members (excludes halogenated alkanes) is 36. The smallest absolute Gasteiger partial charge is 0.312 e. The molecule has 1 unspecified atom stereocenters. The van der Waals surface area contributed by atoms with Gasteiger partial charge in [0.25, 0.3) is 0 Å². The lowest BCUT2D eigenvalue weighted by atomic mass is 9.98. The summed E-state index contributed by atoms with van der Waals surface area (Å²) >= 11 is 0. The van der Waals surface area contributed by atoms with Gasteiger partial charge in [0, 0.05) is 0 Å². The maximum absolute atomic E-state index is 13.1. The first-order valence-corrected chi connectivity index (χ1v) is 23.6. The molecule has 0 saturated carbocycles. The Hall–Kier alpha value is -0.790. The van der Waals surface area contributed by atoms with Gasteiger partial charge in [-0.3, -0.25) is 4.79 Å². The SMILES string of the molecule is CCCCCCCCCCCCC=CC(CCCCCCCCCCCCCCCCCCCC)C(=O)OCCCCCCCCCCCC. The molecule has 0 heterocycles. The van der Waals surface area contributed by atoms with Gasteiger partial charge in [-0.1, -0.05) is 264 Å². The standard InChI is InChI=1S/C48H94O2/c1-4-7-10-13-16-19-22-24-25-26-27-28-29-31-33-36-39-42-45-47(44-41-38-35-32-30-23-20-17-14-11-8-5-2)48(49)50-46-43-40-37-34-21-18-15-12-9-6-3/h41,44,47H,4-40,42-43,45-46H2,1-3H3. The molecule has 0 aliphatic carbocycles. The summed E-state index contributed by atoms with van der Waals surface area (Å²) in [5.41, 5.74) is 0. The van der Waals surface area contributed by atoms with Crippen LogP contribution in [0.2, 0.25) is 0 Å². The second-order valence-electron chi connectivity index (χ2n) is 16.2. The molecule has 50 heavy (non-hydrogen) atoms. The molecule has 0 N–H and O–H groups in total. The normalized spacial score (nSPS) is 12.3. The van der Waals surface area contributed by atoms with Crippen molar-refractivity contribution in [2.75, 3.05) is 6.61 Å². The molecule has 1 atom stereocenters. The summed E-state index contributed by atoms with van der Waals surface area (Å²) in [6.45, 7) is 7.49. The molecular formula is C48H94O2. The quantitative estimate of drug-likeness (QED) is 0.0359. The average Bonchev–Trinajstić information content (AvgIpc) is 3.12. The first-order chi connectivity index (χ1) is 24.8. The highest BCUT2D eigenvalue weighted by Gasteiger charge is 2.16. The number of ether oxygens (including phenoxy) is 1. The molecule has 0 aromatic carbocycles. The molecule has 0 bridgehead atoms. The van der Waals surface area contributed by atoms with Crippen molar-refractivity contribution in [3.8, 4) is 0 Å². The largest absolute Gasteiger partial charge is 0.465 e. The molecule has 0 spiro atoms. The minimum absolute atomic E-state index is 0.0345. The second kappa shape index (κ2) is 44.4. The van der Waals surface area contributed by atoms with Crippen LogP contribution in [0.1, 0.15) is 278 Å². The summed E-state index contributed by atoms with van der Waals surface area (Å²) < 4.78 is 5.83. The maximum atomic E-state index is 13.1. The van der Waals surface area contributed by atoms with Gasteiger partial charge in [0.2, 0.25) is 0 Å². The Morgan fingerprint density at radius 3 is 1.00 bits per heavy atom. The van der Waals surface area contributed by atoms with Gasteiger partial charge in [-0.05, 0) is 25.7 Å². The van der Waals surface area contributed by atoms with Crippen molar-refractivity contribution in [3.63, 3.8) is 0 Å². The van der Waals surface area contributed by atoms with E-state index in [1.165, 1.54) is 231 Å². The molecule has 0 saturated heterocycles. The van der Waals surface area contributed by atoms with Crippen molar-refractivity contribution < 1.29 is 9.53 Å². The predicted molar refractivity (Wildman–Crippen MR) is 225 cm³/mol. The molecule has 0 aliphatic heterocycles. The van der Waals surface area contributed by atoms with Gasteiger partial charge in [0.1, 0.15) is 0 Å². The van der Waals surface area contributed by atoms with E-state index in [2.05, 4.69) is 32.9 Å². The first-order valence-electron chi connectivity index (χ1n) is 23.6. The zero-order chi connectivity index (χ0) is 36.3. The molecular weight excluding hydrogens is 609 g/mol. The van der Waals surface area contributed by atoms with Crippen LogP contribution in [0.15, 0.2) is 12.2 Å². The van der Waals surface area contributed by atoms with E-state index in [0.717, 1.165) is 25.7 Å². The third-order valence-electron chi connectivity index (χ3n) is 11.0. The van der Waals surface area contributed by atoms with Gasteiger partial charge >= 0.3 is 5.97 Å². The van der Waals surface area contributed by atoms with E-state index in [4.69, 9.17) is 4.74 Å². The lowest BCUT2D eigenvalue weighted by molar-refractivity contribution is -0.147. The Morgan fingerprint density at radius 1 is 0.380 bits per heavy atom. The minimum Gasteiger partial charge on any atom is -0.465 e. The van der Waals surface area contributed by atoms with Crippen LogP contribution >= 0.6 is 0 Å². The zero-order valence-electron chi connectivity index (χ0n) is 35.0. The molecule has 0 aromatic heterocycles. The van der Waals surface area contributed by atoms with Crippen molar-refractivity contribution in [1.29, 1.82) is 0 Å². The van der Waals surface area contributed by atoms with Crippen molar-refractivity contribution >= 4 is 5.97 Å². The van der Waals surface area contributed by atoms with Gasteiger partial charge in [-0.2, -0.15) is 0 Å². The van der Waals surface area contributed by atoms with Crippen molar-refractivity contribution in [1.82, 2.24) is 0 Å². The molecule has 0 fully saturated rings. The summed E-state index contributed by atoms with van der Waals surface area (Å²) in [6.07, 6.45) is 58.6. The highest BCUT2D eigenvalue weighted by molar-refractivity contribution is 5.74. The van der Waals surface area contributed by atoms with Crippen LogP contribution in [0, 0.1) is 5.92 Å². The first kappa shape index (κ1) is 49.2. The second-order valence-corrected chi connectivity index (χ2v) is 16.2.